The summed E-state index contributed by atoms with van der Waals surface area (Å²) in [5, 5.41) is 0. The molecule has 0 atom stereocenters. The van der Waals surface area contributed by atoms with Crippen molar-refractivity contribution < 1.29 is 19.0 Å². The second-order valence-electron chi connectivity index (χ2n) is 3.73. The van der Waals surface area contributed by atoms with E-state index >= 15 is 0 Å². The minimum Gasteiger partial charge on any atom is -0.436 e. The van der Waals surface area contributed by atoms with E-state index in [2.05, 4.69) is 0 Å². The lowest BCUT2D eigenvalue weighted by atomic mass is 10.2. The molecule has 1 rings (SSSR count). The molecule has 0 spiro atoms. The normalized spacial score (nSPS) is 12.3. The van der Waals surface area contributed by atoms with Crippen molar-refractivity contribution in [3.05, 3.63) is 41.5 Å². The maximum Gasteiger partial charge on any atom is 0.351 e. The summed E-state index contributed by atoms with van der Waals surface area (Å²) in [5.74, 6) is -0.678. The van der Waals surface area contributed by atoms with Crippen molar-refractivity contribution in [2.24, 2.45) is 0 Å². The van der Waals surface area contributed by atoms with E-state index in [1.165, 1.54) is 14.2 Å². The molecule has 1 aromatic rings. The SMILES string of the molecule is CC=C(C)C(OC)(OC)Oc1ccc(C=O)cc1. The highest BCUT2D eigenvalue weighted by Crippen LogP contribution is 2.26. The maximum atomic E-state index is 10.6. The third-order valence-corrected chi connectivity index (χ3v) is 2.72. The molecule has 0 saturated carbocycles. The molecule has 18 heavy (non-hydrogen) atoms. The van der Waals surface area contributed by atoms with E-state index in [0.717, 1.165) is 11.9 Å². The topological polar surface area (TPSA) is 44.8 Å². The number of rotatable bonds is 6. The van der Waals surface area contributed by atoms with Gasteiger partial charge < -0.3 is 14.2 Å². The smallest absolute Gasteiger partial charge is 0.351 e. The Morgan fingerprint density at radius 2 is 1.72 bits per heavy atom. The third-order valence-electron chi connectivity index (χ3n) is 2.72. The molecule has 0 aliphatic carbocycles. The van der Waals surface area contributed by atoms with Crippen molar-refractivity contribution >= 4 is 6.29 Å². The first-order chi connectivity index (χ1) is 8.61. The van der Waals surface area contributed by atoms with Crippen molar-refractivity contribution in [3.8, 4) is 5.75 Å². The number of aldehydes is 1. The largest absolute Gasteiger partial charge is 0.436 e. The molecule has 4 nitrogen and oxygen atoms in total. The molecule has 0 radical (unpaired) electrons. The monoisotopic (exact) mass is 250 g/mol. The summed E-state index contributed by atoms with van der Waals surface area (Å²) in [6.07, 6.45) is 2.63. The fraction of sp³-hybridized carbons (Fsp3) is 0.357. The van der Waals surface area contributed by atoms with Gasteiger partial charge in [-0.2, -0.15) is 0 Å². The molecular formula is C14H18O4. The predicted molar refractivity (Wildman–Crippen MR) is 68.6 cm³/mol. The lowest BCUT2D eigenvalue weighted by Crippen LogP contribution is -2.41. The lowest BCUT2D eigenvalue weighted by molar-refractivity contribution is -0.295. The zero-order valence-electron chi connectivity index (χ0n) is 11.1. The number of benzene rings is 1. The van der Waals surface area contributed by atoms with Crippen LogP contribution in [0.5, 0.6) is 5.75 Å². The van der Waals surface area contributed by atoms with E-state index in [0.29, 0.717) is 11.3 Å². The summed E-state index contributed by atoms with van der Waals surface area (Å²) in [6, 6.07) is 6.73. The zero-order chi connectivity index (χ0) is 13.6. The van der Waals surface area contributed by atoms with Crippen LogP contribution < -0.4 is 4.74 Å². The lowest BCUT2D eigenvalue weighted by Gasteiger charge is -2.31. The molecule has 0 amide bonds. The van der Waals surface area contributed by atoms with Gasteiger partial charge in [0.15, 0.2) is 0 Å². The van der Waals surface area contributed by atoms with E-state index in [9.17, 15) is 4.79 Å². The van der Waals surface area contributed by atoms with Crippen LogP contribution in [0.15, 0.2) is 35.9 Å². The van der Waals surface area contributed by atoms with Gasteiger partial charge in [0.05, 0.1) is 0 Å². The van der Waals surface area contributed by atoms with Gasteiger partial charge in [0.2, 0.25) is 0 Å². The van der Waals surface area contributed by atoms with Crippen LogP contribution in [-0.2, 0) is 9.47 Å². The van der Waals surface area contributed by atoms with Crippen LogP contribution in [0.1, 0.15) is 24.2 Å². The van der Waals surface area contributed by atoms with Crippen LogP contribution in [-0.4, -0.2) is 26.5 Å². The molecule has 0 bridgehead atoms. The molecule has 0 aliphatic rings. The third kappa shape index (κ3) is 2.97. The minimum absolute atomic E-state index is 0.561. The highest BCUT2D eigenvalue weighted by molar-refractivity contribution is 5.74. The van der Waals surface area contributed by atoms with Crippen LogP contribution >= 0.6 is 0 Å². The van der Waals surface area contributed by atoms with Gasteiger partial charge in [0.25, 0.3) is 0 Å². The summed E-state index contributed by atoms with van der Waals surface area (Å²) in [4.78, 5) is 10.6. The van der Waals surface area contributed by atoms with Crippen LogP contribution in [0.3, 0.4) is 0 Å². The second kappa shape index (κ2) is 6.33. The van der Waals surface area contributed by atoms with Crippen molar-refractivity contribution in [1.82, 2.24) is 0 Å². The first-order valence-electron chi connectivity index (χ1n) is 5.59. The van der Waals surface area contributed by atoms with Crippen LogP contribution in [0, 0.1) is 0 Å². The van der Waals surface area contributed by atoms with Crippen molar-refractivity contribution in [3.63, 3.8) is 0 Å². The first-order valence-corrected chi connectivity index (χ1v) is 5.59. The van der Waals surface area contributed by atoms with Crippen molar-refractivity contribution in [1.29, 1.82) is 0 Å². The Kier molecular flexibility index (Phi) is 5.07. The quantitative estimate of drug-likeness (QED) is 0.442. The minimum atomic E-state index is -1.24. The molecule has 0 fully saturated rings. The second-order valence-corrected chi connectivity index (χ2v) is 3.73. The summed E-state index contributed by atoms with van der Waals surface area (Å²) in [5.41, 5.74) is 1.39. The fourth-order valence-corrected chi connectivity index (χ4v) is 1.52. The van der Waals surface area contributed by atoms with E-state index < -0.39 is 5.97 Å². The number of ether oxygens (including phenoxy) is 3. The molecular weight excluding hydrogens is 232 g/mol. The van der Waals surface area contributed by atoms with Crippen LogP contribution in [0.4, 0.5) is 0 Å². The van der Waals surface area contributed by atoms with E-state index in [4.69, 9.17) is 14.2 Å². The Morgan fingerprint density at radius 1 is 1.17 bits per heavy atom. The average molecular weight is 250 g/mol. The molecule has 0 heterocycles. The van der Waals surface area contributed by atoms with Gasteiger partial charge in [-0.05, 0) is 38.1 Å². The van der Waals surface area contributed by atoms with E-state index in [-0.39, 0.29) is 0 Å². The van der Waals surface area contributed by atoms with Gasteiger partial charge in [-0.3, -0.25) is 4.79 Å². The Hall–Kier alpha value is -1.65. The van der Waals surface area contributed by atoms with Gasteiger partial charge in [0, 0.05) is 25.4 Å². The number of hydrogen-bond acceptors (Lipinski definition) is 4. The average Bonchev–Trinajstić information content (AvgIpc) is 2.44. The first kappa shape index (κ1) is 14.4. The summed E-state index contributed by atoms with van der Waals surface area (Å²) < 4.78 is 16.4. The van der Waals surface area contributed by atoms with E-state index in [1.54, 1.807) is 24.3 Å². The molecule has 0 aliphatic heterocycles. The van der Waals surface area contributed by atoms with Crippen LogP contribution in [0.2, 0.25) is 0 Å². The van der Waals surface area contributed by atoms with Crippen molar-refractivity contribution in [2.75, 3.05) is 14.2 Å². The van der Waals surface area contributed by atoms with Gasteiger partial charge >= 0.3 is 5.97 Å². The van der Waals surface area contributed by atoms with Gasteiger partial charge in [0.1, 0.15) is 12.0 Å². The highest BCUT2D eigenvalue weighted by atomic mass is 16.9. The predicted octanol–water partition coefficient (Wildman–Crippen LogP) is 2.79. The number of allylic oxidation sites excluding steroid dienone is 1. The Balaban J connectivity index is 2.99. The number of carbonyl (C=O) groups excluding carboxylic acids is 1. The molecule has 0 N–H and O–H groups in total. The highest BCUT2D eigenvalue weighted by Gasteiger charge is 2.34. The Morgan fingerprint density at radius 3 is 2.11 bits per heavy atom. The summed E-state index contributed by atoms with van der Waals surface area (Å²) in [7, 11) is 3.02. The van der Waals surface area contributed by atoms with Gasteiger partial charge in [-0.15, -0.1) is 0 Å². The zero-order valence-corrected chi connectivity index (χ0v) is 11.1. The molecule has 0 unspecified atom stereocenters. The van der Waals surface area contributed by atoms with Gasteiger partial charge in [-0.1, -0.05) is 6.08 Å². The number of methoxy groups -OCH3 is 2. The number of hydrogen-bond donors (Lipinski definition) is 0. The standard InChI is InChI=1S/C14H18O4/c1-5-11(2)14(16-3,17-4)18-13-8-6-12(10-15)7-9-13/h5-10H,1-4H3. The number of carbonyl (C=O) groups is 1. The maximum absolute atomic E-state index is 10.6. The molecule has 0 saturated heterocycles. The molecule has 0 aromatic heterocycles. The summed E-state index contributed by atoms with van der Waals surface area (Å²) in [6.45, 7) is 3.73. The van der Waals surface area contributed by atoms with Crippen LogP contribution in [0.25, 0.3) is 0 Å². The molecule has 98 valence electrons. The summed E-state index contributed by atoms with van der Waals surface area (Å²) >= 11 is 0. The van der Waals surface area contributed by atoms with Gasteiger partial charge in [-0.25, -0.2) is 0 Å². The molecule has 4 heteroatoms. The molecule has 1 aromatic carbocycles. The Labute approximate surface area is 107 Å². The van der Waals surface area contributed by atoms with E-state index in [1.807, 2.05) is 19.9 Å². The van der Waals surface area contributed by atoms with Crippen molar-refractivity contribution in [2.45, 2.75) is 19.8 Å². The fourth-order valence-electron chi connectivity index (χ4n) is 1.52. The Bertz CT molecular complexity index is 416.